The molecule has 0 aliphatic carbocycles. The molecule has 0 amide bonds. The van der Waals surface area contributed by atoms with Crippen LogP contribution in [-0.4, -0.2) is 0 Å². The molecule has 0 saturated carbocycles. The van der Waals surface area contributed by atoms with E-state index in [0.717, 1.165) is 21.9 Å². The lowest BCUT2D eigenvalue weighted by Gasteiger charge is -1.95. The monoisotopic (exact) mass is 320 g/mol. The minimum absolute atomic E-state index is 0.300. The van der Waals surface area contributed by atoms with Crippen LogP contribution in [0.2, 0.25) is 0 Å². The zero-order valence-electron chi connectivity index (χ0n) is 13.4. The third kappa shape index (κ3) is 3.60. The summed E-state index contributed by atoms with van der Waals surface area (Å²) in [5.41, 5.74) is 3.02. The van der Waals surface area contributed by atoms with Gasteiger partial charge >= 0.3 is 11.3 Å². The maximum atomic E-state index is 10.8. The molecule has 2 heterocycles. The summed E-state index contributed by atoms with van der Waals surface area (Å²) in [6.45, 7) is 4.01. The molecule has 0 spiro atoms. The molecule has 4 rings (SSSR count). The highest BCUT2D eigenvalue weighted by Crippen LogP contribution is 2.13. The minimum Gasteiger partial charge on any atom is -0.423 e. The molecule has 0 saturated heterocycles. The van der Waals surface area contributed by atoms with Gasteiger partial charge in [0.2, 0.25) is 0 Å². The average Bonchev–Trinajstić information content (AvgIpc) is 2.56. The summed E-state index contributed by atoms with van der Waals surface area (Å²) in [5, 5.41) is 1.93. The molecule has 0 atom stereocenters. The zero-order chi connectivity index (χ0) is 17.1. The van der Waals surface area contributed by atoms with E-state index < -0.39 is 0 Å². The van der Waals surface area contributed by atoms with Gasteiger partial charge in [-0.3, -0.25) is 0 Å². The molecule has 0 radical (unpaired) electrons. The minimum atomic E-state index is -0.300. The highest BCUT2D eigenvalue weighted by molar-refractivity contribution is 5.77. The summed E-state index contributed by atoms with van der Waals surface area (Å²) in [7, 11) is 0. The normalized spacial score (nSPS) is 10.4. The van der Waals surface area contributed by atoms with E-state index >= 15 is 0 Å². The van der Waals surface area contributed by atoms with Crippen LogP contribution in [0.1, 0.15) is 11.1 Å². The summed E-state index contributed by atoms with van der Waals surface area (Å²) in [4.78, 5) is 21.6. The number of benzene rings is 2. The van der Waals surface area contributed by atoms with E-state index in [4.69, 9.17) is 8.83 Å². The van der Waals surface area contributed by atoms with Crippen LogP contribution in [0.3, 0.4) is 0 Å². The number of aryl methyl sites for hydroxylation is 2. The van der Waals surface area contributed by atoms with Crippen molar-refractivity contribution in [1.82, 2.24) is 0 Å². The summed E-state index contributed by atoms with van der Waals surface area (Å²) in [6.07, 6.45) is 0. The van der Waals surface area contributed by atoms with Crippen molar-refractivity contribution in [3.05, 3.63) is 92.6 Å². The summed E-state index contributed by atoms with van der Waals surface area (Å²) in [6, 6.07) is 17.8. The molecular weight excluding hydrogens is 304 g/mol. The first-order valence-electron chi connectivity index (χ1n) is 7.52. The predicted molar refractivity (Wildman–Crippen MR) is 94.4 cm³/mol. The standard InChI is InChI=1S/2C10H8O2/c2*1-7-2-4-9-8(6-7)3-5-10(11)12-9/h2*2-6H,1H3. The second-order valence-corrected chi connectivity index (χ2v) is 5.59. The van der Waals surface area contributed by atoms with Crippen LogP contribution < -0.4 is 11.3 Å². The highest BCUT2D eigenvalue weighted by atomic mass is 16.4. The van der Waals surface area contributed by atoms with Crippen molar-refractivity contribution < 1.29 is 8.83 Å². The fraction of sp³-hybridized carbons (Fsp3) is 0.100. The Bertz CT molecular complexity index is 1030. The highest BCUT2D eigenvalue weighted by Gasteiger charge is 1.96. The van der Waals surface area contributed by atoms with Gasteiger partial charge in [0.15, 0.2) is 0 Å². The van der Waals surface area contributed by atoms with Gasteiger partial charge in [-0.1, -0.05) is 23.3 Å². The van der Waals surface area contributed by atoms with Crippen LogP contribution in [0.25, 0.3) is 21.9 Å². The van der Waals surface area contributed by atoms with Crippen LogP contribution in [0.5, 0.6) is 0 Å². The third-order valence-corrected chi connectivity index (χ3v) is 3.55. The van der Waals surface area contributed by atoms with Gasteiger partial charge < -0.3 is 8.83 Å². The lowest BCUT2D eigenvalue weighted by molar-refractivity contribution is 0.560. The van der Waals surface area contributed by atoms with E-state index in [-0.39, 0.29) is 11.3 Å². The van der Waals surface area contributed by atoms with Crippen LogP contribution in [0.4, 0.5) is 0 Å². The first kappa shape index (κ1) is 15.7. The molecule has 2 aromatic heterocycles. The Balaban J connectivity index is 0.000000141. The van der Waals surface area contributed by atoms with Gasteiger partial charge in [0, 0.05) is 22.9 Å². The van der Waals surface area contributed by atoms with Crippen LogP contribution in [0.15, 0.2) is 79.1 Å². The third-order valence-electron chi connectivity index (χ3n) is 3.55. The molecule has 0 unspecified atom stereocenters. The molecule has 4 heteroatoms. The second kappa shape index (κ2) is 6.54. The molecule has 0 aliphatic heterocycles. The summed E-state index contributed by atoms with van der Waals surface area (Å²) >= 11 is 0. The zero-order valence-corrected chi connectivity index (χ0v) is 13.4. The van der Waals surface area contributed by atoms with Crippen molar-refractivity contribution in [2.75, 3.05) is 0 Å². The summed E-state index contributed by atoms with van der Waals surface area (Å²) < 4.78 is 9.92. The van der Waals surface area contributed by atoms with Crippen LogP contribution in [0, 0.1) is 13.8 Å². The van der Waals surface area contributed by atoms with Crippen molar-refractivity contribution >= 4 is 21.9 Å². The quantitative estimate of drug-likeness (QED) is 0.456. The Hall–Kier alpha value is -3.14. The van der Waals surface area contributed by atoms with Crippen LogP contribution in [-0.2, 0) is 0 Å². The number of fused-ring (bicyclic) bond motifs is 2. The average molecular weight is 320 g/mol. The first-order valence-corrected chi connectivity index (χ1v) is 7.52. The molecule has 0 aliphatic rings. The maximum Gasteiger partial charge on any atom is 0.336 e. The van der Waals surface area contributed by atoms with E-state index in [1.165, 1.54) is 12.1 Å². The molecule has 120 valence electrons. The SMILES string of the molecule is Cc1ccc2oc(=O)ccc2c1.Cc1ccc2oc(=O)ccc2c1. The van der Waals surface area contributed by atoms with E-state index in [2.05, 4.69) is 0 Å². The molecule has 4 nitrogen and oxygen atoms in total. The van der Waals surface area contributed by atoms with Gasteiger partial charge in [-0.15, -0.1) is 0 Å². The largest absolute Gasteiger partial charge is 0.423 e. The van der Waals surface area contributed by atoms with Crippen LogP contribution >= 0.6 is 0 Å². The van der Waals surface area contributed by atoms with Crippen molar-refractivity contribution in [3.63, 3.8) is 0 Å². The molecular formula is C20H16O4. The van der Waals surface area contributed by atoms with Gasteiger partial charge in [0.1, 0.15) is 11.2 Å². The summed E-state index contributed by atoms with van der Waals surface area (Å²) in [5.74, 6) is 0. The van der Waals surface area contributed by atoms with E-state index in [1.54, 1.807) is 12.1 Å². The van der Waals surface area contributed by atoms with Crippen molar-refractivity contribution in [2.24, 2.45) is 0 Å². The molecule has 4 aromatic rings. The van der Waals surface area contributed by atoms with E-state index in [9.17, 15) is 9.59 Å². The Morgan fingerprint density at radius 2 is 1.00 bits per heavy atom. The molecule has 24 heavy (non-hydrogen) atoms. The smallest absolute Gasteiger partial charge is 0.336 e. The fourth-order valence-electron chi connectivity index (χ4n) is 2.38. The van der Waals surface area contributed by atoms with E-state index in [0.29, 0.717) is 11.2 Å². The van der Waals surface area contributed by atoms with Gasteiger partial charge in [-0.25, -0.2) is 9.59 Å². The Morgan fingerprint density at radius 1 is 0.583 bits per heavy atom. The Labute approximate surface area is 138 Å². The fourth-order valence-corrected chi connectivity index (χ4v) is 2.38. The Morgan fingerprint density at radius 3 is 1.42 bits per heavy atom. The lowest BCUT2D eigenvalue weighted by atomic mass is 10.2. The Kier molecular flexibility index (Phi) is 4.29. The maximum absolute atomic E-state index is 10.8. The van der Waals surface area contributed by atoms with E-state index in [1.807, 2.05) is 50.2 Å². The lowest BCUT2D eigenvalue weighted by Crippen LogP contribution is -1.93. The predicted octanol–water partition coefficient (Wildman–Crippen LogP) is 4.20. The topological polar surface area (TPSA) is 60.4 Å². The number of hydrogen-bond donors (Lipinski definition) is 0. The molecule has 0 bridgehead atoms. The first-order chi connectivity index (χ1) is 11.5. The van der Waals surface area contributed by atoms with Gasteiger partial charge in [0.25, 0.3) is 0 Å². The molecule has 0 N–H and O–H groups in total. The number of hydrogen-bond acceptors (Lipinski definition) is 4. The molecule has 0 fully saturated rings. The van der Waals surface area contributed by atoms with Crippen molar-refractivity contribution in [1.29, 1.82) is 0 Å². The molecule has 2 aromatic carbocycles. The number of rotatable bonds is 0. The van der Waals surface area contributed by atoms with Gasteiger partial charge in [0.05, 0.1) is 0 Å². The van der Waals surface area contributed by atoms with Gasteiger partial charge in [-0.05, 0) is 50.2 Å². The van der Waals surface area contributed by atoms with Crippen molar-refractivity contribution in [2.45, 2.75) is 13.8 Å². The van der Waals surface area contributed by atoms with Crippen molar-refractivity contribution in [3.8, 4) is 0 Å². The van der Waals surface area contributed by atoms with Gasteiger partial charge in [-0.2, -0.15) is 0 Å². The second-order valence-electron chi connectivity index (χ2n) is 5.59.